The Hall–Kier alpha value is -2.68. The van der Waals surface area contributed by atoms with Gasteiger partial charge >= 0.3 is 6.18 Å². The van der Waals surface area contributed by atoms with E-state index in [2.05, 4.69) is 20.3 Å². The molecule has 1 fully saturated rings. The fraction of sp³-hybridized carbons (Fsp3) is 0.450. The largest absolute Gasteiger partial charge is 0.389 e. The van der Waals surface area contributed by atoms with Crippen LogP contribution in [0.4, 0.5) is 19.0 Å². The third-order valence-corrected chi connectivity index (χ3v) is 5.10. The molecule has 0 spiro atoms. The van der Waals surface area contributed by atoms with E-state index in [9.17, 15) is 13.2 Å². The molecule has 0 saturated carbocycles. The zero-order chi connectivity index (χ0) is 20.4. The monoisotopic (exact) mass is 405 g/mol. The van der Waals surface area contributed by atoms with Crippen molar-refractivity contribution >= 4 is 16.7 Å². The molecule has 4 heterocycles. The van der Waals surface area contributed by atoms with E-state index in [0.29, 0.717) is 11.7 Å². The van der Waals surface area contributed by atoms with Crippen molar-refractivity contribution in [2.24, 2.45) is 7.05 Å². The van der Waals surface area contributed by atoms with Crippen molar-refractivity contribution in [3.05, 3.63) is 36.4 Å². The van der Waals surface area contributed by atoms with E-state index in [1.165, 1.54) is 6.20 Å². The number of pyridine rings is 1. The molecule has 1 aliphatic rings. The molecule has 29 heavy (non-hydrogen) atoms. The predicted molar refractivity (Wildman–Crippen MR) is 104 cm³/mol. The lowest BCUT2D eigenvalue weighted by atomic mass is 10.1. The lowest BCUT2D eigenvalue weighted by molar-refractivity contribution is -0.134. The fourth-order valence-corrected chi connectivity index (χ4v) is 3.52. The Morgan fingerprint density at radius 1 is 1.21 bits per heavy atom. The van der Waals surface area contributed by atoms with Gasteiger partial charge in [0.2, 0.25) is 0 Å². The van der Waals surface area contributed by atoms with Gasteiger partial charge in [-0.15, -0.1) is 0 Å². The van der Waals surface area contributed by atoms with Gasteiger partial charge in [-0.05, 0) is 25.0 Å². The second-order valence-electron chi connectivity index (χ2n) is 7.22. The van der Waals surface area contributed by atoms with Crippen molar-refractivity contribution in [3.8, 4) is 11.4 Å². The number of nitrogens with zero attached hydrogens (tertiary/aromatic N) is 4. The highest BCUT2D eigenvalue weighted by atomic mass is 19.4. The van der Waals surface area contributed by atoms with Crippen molar-refractivity contribution in [1.29, 1.82) is 0 Å². The number of aryl methyl sites for hydroxylation is 2. The number of rotatable bonds is 5. The molecule has 3 aromatic heterocycles. The Morgan fingerprint density at radius 2 is 2.00 bits per heavy atom. The first-order valence-corrected chi connectivity index (χ1v) is 9.58. The maximum Gasteiger partial charge on any atom is 0.389 e. The summed E-state index contributed by atoms with van der Waals surface area (Å²) in [4.78, 5) is 12.8. The van der Waals surface area contributed by atoms with E-state index < -0.39 is 12.6 Å². The molecule has 4 rings (SSSR count). The Morgan fingerprint density at radius 3 is 2.76 bits per heavy atom. The van der Waals surface area contributed by atoms with Crippen molar-refractivity contribution in [2.75, 3.05) is 18.5 Å². The van der Waals surface area contributed by atoms with Gasteiger partial charge in [-0.1, -0.05) is 0 Å². The number of alkyl halides is 3. The van der Waals surface area contributed by atoms with Gasteiger partial charge in [0.25, 0.3) is 0 Å². The molecule has 1 aliphatic heterocycles. The summed E-state index contributed by atoms with van der Waals surface area (Å²) >= 11 is 0. The molecular formula is C20H22F3N5O. The van der Waals surface area contributed by atoms with Gasteiger partial charge in [-0.3, -0.25) is 0 Å². The molecule has 0 unspecified atom stereocenters. The van der Waals surface area contributed by atoms with Crippen LogP contribution in [0.2, 0.25) is 0 Å². The van der Waals surface area contributed by atoms with Gasteiger partial charge in [0.1, 0.15) is 11.6 Å². The van der Waals surface area contributed by atoms with Gasteiger partial charge in [0.05, 0.1) is 23.3 Å². The lowest BCUT2D eigenvalue weighted by Gasteiger charge is -2.23. The fourth-order valence-electron chi connectivity index (χ4n) is 3.52. The van der Waals surface area contributed by atoms with E-state index in [1.807, 2.05) is 23.7 Å². The zero-order valence-corrected chi connectivity index (χ0v) is 16.0. The molecule has 0 radical (unpaired) electrons. The molecule has 1 N–H and O–H groups in total. The Labute approximate surface area is 166 Å². The summed E-state index contributed by atoms with van der Waals surface area (Å²) in [5, 5.41) is 4.39. The minimum Gasteiger partial charge on any atom is -0.381 e. The molecule has 0 aromatic carbocycles. The normalized spacial score (nSPS) is 15.7. The number of halogens is 3. The second-order valence-corrected chi connectivity index (χ2v) is 7.22. The summed E-state index contributed by atoms with van der Waals surface area (Å²) < 4.78 is 44.8. The average molecular weight is 405 g/mol. The van der Waals surface area contributed by atoms with Gasteiger partial charge in [0.15, 0.2) is 0 Å². The standard InChI is InChI=1S/C20H22F3N5O/c1-28-16-11-19(26-14-4-8-29-9-5-14)25-12-13(16)10-17(28)15-3-7-24-18(27-15)2-6-20(21,22)23/h3,7,10-12,14H,2,4-6,8-9H2,1H3,(H,25,26). The Kier molecular flexibility index (Phi) is 5.40. The Bertz CT molecular complexity index is 995. The molecular weight excluding hydrogens is 383 g/mol. The highest BCUT2D eigenvalue weighted by molar-refractivity contribution is 5.87. The number of ether oxygens (including phenoxy) is 1. The molecule has 0 atom stereocenters. The summed E-state index contributed by atoms with van der Waals surface area (Å²) in [5.41, 5.74) is 2.37. The number of anilines is 1. The molecule has 0 aliphatic carbocycles. The Balaban J connectivity index is 1.59. The van der Waals surface area contributed by atoms with Gasteiger partial charge in [-0.25, -0.2) is 15.0 Å². The van der Waals surface area contributed by atoms with Crippen molar-refractivity contribution in [3.63, 3.8) is 0 Å². The first kappa shape index (κ1) is 19.6. The van der Waals surface area contributed by atoms with Crippen LogP contribution >= 0.6 is 0 Å². The van der Waals surface area contributed by atoms with E-state index in [-0.39, 0.29) is 12.2 Å². The zero-order valence-electron chi connectivity index (χ0n) is 16.0. The number of hydrogen-bond acceptors (Lipinski definition) is 5. The molecule has 1 saturated heterocycles. The third kappa shape index (κ3) is 4.67. The maximum absolute atomic E-state index is 12.5. The van der Waals surface area contributed by atoms with Crippen LogP contribution in [0.3, 0.4) is 0 Å². The van der Waals surface area contributed by atoms with E-state index in [1.54, 1.807) is 12.3 Å². The van der Waals surface area contributed by atoms with Crippen LogP contribution in [0.5, 0.6) is 0 Å². The number of hydrogen-bond donors (Lipinski definition) is 1. The smallest absolute Gasteiger partial charge is 0.381 e. The van der Waals surface area contributed by atoms with Gasteiger partial charge in [0, 0.05) is 56.6 Å². The average Bonchev–Trinajstić information content (AvgIpc) is 3.03. The number of nitrogens with one attached hydrogen (secondary N) is 1. The second kappa shape index (κ2) is 7.98. The summed E-state index contributed by atoms with van der Waals surface area (Å²) in [6, 6.07) is 5.97. The predicted octanol–water partition coefficient (Wildman–Crippen LogP) is 4.12. The highest BCUT2D eigenvalue weighted by Crippen LogP contribution is 2.28. The van der Waals surface area contributed by atoms with E-state index >= 15 is 0 Å². The quantitative estimate of drug-likeness (QED) is 0.692. The molecule has 0 amide bonds. The summed E-state index contributed by atoms with van der Waals surface area (Å²) in [5.74, 6) is 0.982. The van der Waals surface area contributed by atoms with E-state index in [0.717, 1.165) is 48.5 Å². The third-order valence-electron chi connectivity index (χ3n) is 5.10. The van der Waals surface area contributed by atoms with Crippen LogP contribution in [0.15, 0.2) is 30.6 Å². The number of aromatic nitrogens is 4. The lowest BCUT2D eigenvalue weighted by Crippen LogP contribution is -2.28. The minimum absolute atomic E-state index is 0.185. The van der Waals surface area contributed by atoms with Crippen molar-refractivity contribution in [1.82, 2.24) is 19.5 Å². The SMILES string of the molecule is Cn1c(-c2ccnc(CCC(F)(F)F)n2)cc2cnc(NC3CCOCC3)cc21. The number of fused-ring (bicyclic) bond motifs is 1. The summed E-state index contributed by atoms with van der Waals surface area (Å²) in [6.45, 7) is 1.50. The van der Waals surface area contributed by atoms with Crippen molar-refractivity contribution < 1.29 is 17.9 Å². The van der Waals surface area contributed by atoms with Gasteiger partial charge in [-0.2, -0.15) is 13.2 Å². The molecule has 9 heteroatoms. The van der Waals surface area contributed by atoms with E-state index in [4.69, 9.17) is 4.74 Å². The van der Waals surface area contributed by atoms with Crippen LogP contribution in [0.1, 0.15) is 25.1 Å². The topological polar surface area (TPSA) is 64.9 Å². The van der Waals surface area contributed by atoms with Crippen LogP contribution in [0.25, 0.3) is 22.3 Å². The molecule has 0 bridgehead atoms. The summed E-state index contributed by atoms with van der Waals surface area (Å²) in [7, 11) is 1.91. The van der Waals surface area contributed by atoms with Crippen LogP contribution in [-0.4, -0.2) is 45.0 Å². The summed E-state index contributed by atoms with van der Waals surface area (Å²) in [6.07, 6.45) is -0.203. The minimum atomic E-state index is -4.22. The molecule has 154 valence electrons. The van der Waals surface area contributed by atoms with Crippen LogP contribution in [-0.2, 0) is 18.2 Å². The van der Waals surface area contributed by atoms with Crippen LogP contribution in [0, 0.1) is 0 Å². The molecule has 3 aromatic rings. The van der Waals surface area contributed by atoms with Crippen LogP contribution < -0.4 is 5.32 Å². The van der Waals surface area contributed by atoms with Crippen molar-refractivity contribution in [2.45, 2.75) is 37.9 Å². The first-order chi connectivity index (χ1) is 13.9. The first-order valence-electron chi connectivity index (χ1n) is 9.58. The molecule has 6 nitrogen and oxygen atoms in total. The van der Waals surface area contributed by atoms with Gasteiger partial charge < -0.3 is 14.6 Å². The maximum atomic E-state index is 12.5. The highest BCUT2D eigenvalue weighted by Gasteiger charge is 2.27.